The van der Waals surface area contributed by atoms with Gasteiger partial charge in [0, 0.05) is 24.1 Å². The number of nitrogens with one attached hydrogen (secondary N) is 1. The van der Waals surface area contributed by atoms with Crippen molar-refractivity contribution in [3.05, 3.63) is 28.7 Å². The van der Waals surface area contributed by atoms with Gasteiger partial charge in [0.05, 0.1) is 4.90 Å². The van der Waals surface area contributed by atoms with Crippen molar-refractivity contribution in [3.63, 3.8) is 0 Å². The Morgan fingerprint density at radius 1 is 1.42 bits per heavy atom. The zero-order chi connectivity index (χ0) is 17.6. The summed E-state index contributed by atoms with van der Waals surface area (Å²) in [6, 6.07) is 6.59. The van der Waals surface area contributed by atoms with Crippen molar-refractivity contribution in [2.45, 2.75) is 17.7 Å². The van der Waals surface area contributed by atoms with Gasteiger partial charge in [0.2, 0.25) is 16.2 Å². The number of amidine groups is 1. The van der Waals surface area contributed by atoms with Crippen molar-refractivity contribution in [1.29, 1.82) is 5.26 Å². The average Bonchev–Trinajstić information content (AvgIpc) is 2.59. The lowest BCUT2D eigenvalue weighted by molar-refractivity contribution is 0.270. The molecule has 2 rings (SSSR count). The van der Waals surface area contributed by atoms with Gasteiger partial charge in [-0.05, 0) is 49.3 Å². The van der Waals surface area contributed by atoms with Crippen LogP contribution in [0.4, 0.5) is 0 Å². The van der Waals surface area contributed by atoms with Crippen LogP contribution in [0, 0.1) is 17.4 Å². The Kier molecular flexibility index (Phi) is 7.10. The molecular formula is C15H19BrN4O2S2. The minimum Gasteiger partial charge on any atom is -0.351 e. The number of sulfonamides is 1. The predicted octanol–water partition coefficient (Wildman–Crippen LogP) is 2.64. The predicted molar refractivity (Wildman–Crippen MR) is 100 cm³/mol. The van der Waals surface area contributed by atoms with E-state index >= 15 is 0 Å². The quantitative estimate of drug-likeness (QED) is 0.450. The fraction of sp³-hybridized carbons (Fsp3) is 0.467. The van der Waals surface area contributed by atoms with E-state index in [1.54, 1.807) is 24.3 Å². The van der Waals surface area contributed by atoms with Crippen LogP contribution in [-0.4, -0.2) is 44.4 Å². The number of hydrogen-bond acceptors (Lipinski definition) is 5. The van der Waals surface area contributed by atoms with Gasteiger partial charge in [0.25, 0.3) is 0 Å². The monoisotopic (exact) mass is 430 g/mol. The van der Waals surface area contributed by atoms with Crippen molar-refractivity contribution in [2.24, 2.45) is 10.9 Å². The highest BCUT2D eigenvalue weighted by molar-refractivity contribution is 9.10. The minimum absolute atomic E-state index is 0.272. The lowest BCUT2D eigenvalue weighted by Gasteiger charge is -2.33. The molecule has 1 saturated heterocycles. The zero-order valence-corrected chi connectivity index (χ0v) is 16.5. The van der Waals surface area contributed by atoms with Crippen molar-refractivity contribution in [2.75, 3.05) is 25.9 Å². The van der Waals surface area contributed by atoms with Crippen LogP contribution in [0.15, 0.2) is 38.6 Å². The summed E-state index contributed by atoms with van der Waals surface area (Å²) in [7, 11) is -3.47. The summed E-state index contributed by atoms with van der Waals surface area (Å²) in [5.41, 5.74) is 0. The van der Waals surface area contributed by atoms with Crippen LogP contribution in [0.3, 0.4) is 0 Å². The number of halogens is 1. The molecule has 1 aliphatic heterocycles. The molecule has 0 radical (unpaired) electrons. The zero-order valence-electron chi connectivity index (χ0n) is 13.3. The maximum Gasteiger partial charge on any atom is 0.240 e. The van der Waals surface area contributed by atoms with E-state index in [-0.39, 0.29) is 10.8 Å². The van der Waals surface area contributed by atoms with Crippen LogP contribution < -0.4 is 4.72 Å². The molecule has 0 saturated carbocycles. The lowest BCUT2D eigenvalue weighted by atomic mass is 9.98. The summed E-state index contributed by atoms with van der Waals surface area (Å²) < 4.78 is 28.1. The van der Waals surface area contributed by atoms with E-state index in [0.717, 1.165) is 35.6 Å². The highest BCUT2D eigenvalue weighted by atomic mass is 79.9. The second kappa shape index (κ2) is 8.85. The number of rotatable bonds is 4. The molecular weight excluding hydrogens is 412 g/mol. The Balaban J connectivity index is 1.87. The van der Waals surface area contributed by atoms with Gasteiger partial charge < -0.3 is 4.90 Å². The molecule has 0 aromatic heterocycles. The molecule has 1 aromatic carbocycles. The molecule has 0 bridgehead atoms. The molecule has 24 heavy (non-hydrogen) atoms. The molecule has 0 atom stereocenters. The fourth-order valence-corrected chi connectivity index (χ4v) is 4.49. The first-order valence-electron chi connectivity index (χ1n) is 7.47. The maximum atomic E-state index is 12.3. The van der Waals surface area contributed by atoms with Crippen LogP contribution in [-0.2, 0) is 10.0 Å². The molecule has 9 heteroatoms. The third-order valence-electron chi connectivity index (χ3n) is 3.90. The number of likely N-dealkylation sites (tertiary alicyclic amines) is 1. The first-order chi connectivity index (χ1) is 11.5. The fourth-order valence-electron chi connectivity index (χ4n) is 2.54. The summed E-state index contributed by atoms with van der Waals surface area (Å²) >= 11 is 4.75. The van der Waals surface area contributed by atoms with Crippen LogP contribution in [0.2, 0.25) is 0 Å². The third-order valence-corrected chi connectivity index (χ3v) is 6.58. The number of nitriles is 1. The standard InChI is InChI=1S/C15H19BrN4O2S2/c1-23-15(18-11-17)20-8-6-12(7-9-20)10-19-24(21,22)14-4-2-13(16)3-5-14/h2-5,12,19H,6-10H2,1H3/b18-15-. The van der Waals surface area contributed by atoms with Gasteiger partial charge in [-0.1, -0.05) is 27.7 Å². The number of thioether (sulfide) groups is 1. The Morgan fingerprint density at radius 2 is 2.04 bits per heavy atom. The van der Waals surface area contributed by atoms with Crippen LogP contribution in [0.5, 0.6) is 0 Å². The number of nitrogens with zero attached hydrogens (tertiary/aromatic N) is 3. The molecule has 1 aliphatic rings. The molecule has 0 unspecified atom stereocenters. The Hall–Kier alpha value is -1.08. The second-order valence-electron chi connectivity index (χ2n) is 5.43. The van der Waals surface area contributed by atoms with Crippen LogP contribution in [0.1, 0.15) is 12.8 Å². The van der Waals surface area contributed by atoms with E-state index in [2.05, 4.69) is 30.5 Å². The van der Waals surface area contributed by atoms with Crippen molar-refractivity contribution < 1.29 is 8.42 Å². The maximum absolute atomic E-state index is 12.3. The smallest absolute Gasteiger partial charge is 0.240 e. The Morgan fingerprint density at radius 3 is 2.58 bits per heavy atom. The number of hydrogen-bond donors (Lipinski definition) is 1. The van der Waals surface area contributed by atoms with Gasteiger partial charge in [-0.15, -0.1) is 4.99 Å². The average molecular weight is 431 g/mol. The van der Waals surface area contributed by atoms with Gasteiger partial charge in [-0.3, -0.25) is 0 Å². The molecule has 1 N–H and O–H groups in total. The molecule has 6 nitrogen and oxygen atoms in total. The molecule has 1 fully saturated rings. The Bertz CT molecular complexity index is 721. The van der Waals surface area contributed by atoms with E-state index in [4.69, 9.17) is 5.26 Å². The van der Waals surface area contributed by atoms with E-state index in [1.165, 1.54) is 11.8 Å². The minimum atomic E-state index is -3.47. The normalized spacial score (nSPS) is 16.9. The number of piperidine rings is 1. The van der Waals surface area contributed by atoms with Crippen LogP contribution >= 0.6 is 27.7 Å². The third kappa shape index (κ3) is 5.21. The molecule has 0 spiro atoms. The molecule has 0 amide bonds. The van der Waals surface area contributed by atoms with E-state index in [9.17, 15) is 8.42 Å². The van der Waals surface area contributed by atoms with Crippen molar-refractivity contribution in [1.82, 2.24) is 9.62 Å². The topological polar surface area (TPSA) is 85.6 Å². The summed E-state index contributed by atoms with van der Waals surface area (Å²) in [5, 5.41) is 9.42. The molecule has 1 heterocycles. The van der Waals surface area contributed by atoms with Crippen LogP contribution in [0.25, 0.3) is 0 Å². The largest absolute Gasteiger partial charge is 0.351 e. The Labute approximate surface area is 155 Å². The SMILES string of the molecule is CS/C(=N\C#N)N1CCC(CNS(=O)(=O)c2ccc(Br)cc2)CC1. The van der Waals surface area contributed by atoms with Gasteiger partial charge >= 0.3 is 0 Å². The van der Waals surface area contributed by atoms with Gasteiger partial charge in [-0.25, -0.2) is 13.1 Å². The molecule has 1 aromatic rings. The van der Waals surface area contributed by atoms with Gasteiger partial charge in [0.15, 0.2) is 5.17 Å². The van der Waals surface area contributed by atoms with Crippen molar-refractivity contribution in [3.8, 4) is 6.19 Å². The summed E-state index contributed by atoms with van der Waals surface area (Å²) in [6.45, 7) is 1.99. The van der Waals surface area contributed by atoms with Crippen molar-refractivity contribution >= 4 is 42.9 Å². The second-order valence-corrected chi connectivity index (χ2v) is 8.89. The first-order valence-corrected chi connectivity index (χ1v) is 11.0. The van der Waals surface area contributed by atoms with E-state index in [1.807, 2.05) is 12.4 Å². The summed E-state index contributed by atoms with van der Waals surface area (Å²) in [6.07, 6.45) is 5.46. The lowest BCUT2D eigenvalue weighted by Crippen LogP contribution is -2.40. The highest BCUT2D eigenvalue weighted by Gasteiger charge is 2.23. The number of benzene rings is 1. The summed E-state index contributed by atoms with van der Waals surface area (Å²) in [5.74, 6) is 0.289. The van der Waals surface area contributed by atoms with Gasteiger partial charge in [0.1, 0.15) is 0 Å². The highest BCUT2D eigenvalue weighted by Crippen LogP contribution is 2.20. The van der Waals surface area contributed by atoms with Gasteiger partial charge in [-0.2, -0.15) is 5.26 Å². The molecule has 0 aliphatic carbocycles. The first kappa shape index (κ1) is 19.2. The number of aliphatic imine (C=N–C) groups is 1. The van der Waals surface area contributed by atoms with E-state index in [0.29, 0.717) is 6.54 Å². The summed E-state index contributed by atoms with van der Waals surface area (Å²) in [4.78, 5) is 6.17. The van der Waals surface area contributed by atoms with E-state index < -0.39 is 10.0 Å². The molecule has 130 valence electrons.